The van der Waals surface area contributed by atoms with Crippen LogP contribution in [0.3, 0.4) is 0 Å². The second-order valence-corrected chi connectivity index (χ2v) is 6.37. The molecule has 0 amide bonds. The number of carbonyl (C=O) groups is 1. The van der Waals surface area contributed by atoms with Gasteiger partial charge in [-0.05, 0) is 47.4 Å². The van der Waals surface area contributed by atoms with Crippen LogP contribution in [0.25, 0.3) is 0 Å². The lowest BCUT2D eigenvalue weighted by Gasteiger charge is -2.33. The third kappa shape index (κ3) is 2.06. The van der Waals surface area contributed by atoms with Gasteiger partial charge in [0, 0.05) is 11.8 Å². The van der Waals surface area contributed by atoms with Crippen molar-refractivity contribution in [3.63, 3.8) is 0 Å². The fourth-order valence-corrected chi connectivity index (χ4v) is 3.87. The lowest BCUT2D eigenvalue weighted by Crippen LogP contribution is -2.30. The van der Waals surface area contributed by atoms with Crippen LogP contribution in [-0.2, 0) is 16.0 Å². The summed E-state index contributed by atoms with van der Waals surface area (Å²) in [4.78, 5) is 12.0. The molecule has 0 bridgehead atoms. The van der Waals surface area contributed by atoms with Crippen LogP contribution in [0.5, 0.6) is 23.0 Å². The first-order chi connectivity index (χ1) is 11.5. The third-order valence-corrected chi connectivity index (χ3v) is 5.04. The van der Waals surface area contributed by atoms with E-state index in [1.807, 2.05) is 0 Å². The average Bonchev–Trinajstić information content (AvgIpc) is 2.90. The van der Waals surface area contributed by atoms with Gasteiger partial charge in [0.2, 0.25) is 0 Å². The van der Waals surface area contributed by atoms with Crippen LogP contribution in [0, 0.1) is 11.8 Å². The maximum atomic E-state index is 12.0. The number of rotatable bonds is 1. The van der Waals surface area contributed by atoms with Gasteiger partial charge in [0.05, 0.1) is 12.5 Å². The Labute approximate surface area is 137 Å². The summed E-state index contributed by atoms with van der Waals surface area (Å²) < 4.78 is 5.22. The maximum absolute atomic E-state index is 12.0. The molecule has 4 N–H and O–H groups in total. The van der Waals surface area contributed by atoms with Crippen LogP contribution < -0.4 is 0 Å². The molecule has 3 unspecified atom stereocenters. The minimum Gasteiger partial charge on any atom is -0.504 e. The number of phenolic OH excluding ortho intramolecular Hbond substituents is 4. The molecule has 2 aromatic carbocycles. The van der Waals surface area contributed by atoms with Crippen molar-refractivity contribution in [2.75, 3.05) is 6.61 Å². The van der Waals surface area contributed by atoms with Crippen LogP contribution >= 0.6 is 0 Å². The summed E-state index contributed by atoms with van der Waals surface area (Å²) in [6, 6.07) is 7.50. The highest BCUT2D eigenvalue weighted by atomic mass is 16.5. The smallest absolute Gasteiger partial charge is 0.309 e. The van der Waals surface area contributed by atoms with Gasteiger partial charge >= 0.3 is 5.97 Å². The summed E-state index contributed by atoms with van der Waals surface area (Å²) >= 11 is 0. The monoisotopic (exact) mass is 328 g/mol. The molecule has 1 aliphatic carbocycles. The second-order valence-electron chi connectivity index (χ2n) is 6.37. The summed E-state index contributed by atoms with van der Waals surface area (Å²) in [7, 11) is 0. The summed E-state index contributed by atoms with van der Waals surface area (Å²) in [6.07, 6.45) is 0.438. The van der Waals surface area contributed by atoms with E-state index in [0.717, 1.165) is 11.1 Å². The second kappa shape index (κ2) is 5.06. The fourth-order valence-electron chi connectivity index (χ4n) is 3.87. The van der Waals surface area contributed by atoms with Crippen LogP contribution in [0.2, 0.25) is 0 Å². The minimum atomic E-state index is -0.331. The average molecular weight is 328 g/mol. The predicted octanol–water partition coefficient (Wildman–Crippen LogP) is 1.99. The number of cyclic esters (lactones) is 1. The highest BCUT2D eigenvalue weighted by Gasteiger charge is 2.47. The lowest BCUT2D eigenvalue weighted by atomic mass is 9.67. The highest BCUT2D eigenvalue weighted by molar-refractivity contribution is 5.77. The van der Waals surface area contributed by atoms with E-state index in [9.17, 15) is 25.2 Å². The summed E-state index contributed by atoms with van der Waals surface area (Å²) in [5.41, 5.74) is 2.27. The number of fused-ring (bicyclic) bond motifs is 2. The fraction of sp³-hybridized carbons (Fsp3) is 0.278. The Morgan fingerprint density at radius 1 is 0.917 bits per heavy atom. The topological polar surface area (TPSA) is 107 Å². The van der Waals surface area contributed by atoms with Gasteiger partial charge in [-0.3, -0.25) is 4.79 Å². The van der Waals surface area contributed by atoms with Gasteiger partial charge in [0.15, 0.2) is 23.0 Å². The Morgan fingerprint density at radius 3 is 2.38 bits per heavy atom. The predicted molar refractivity (Wildman–Crippen MR) is 83.0 cm³/mol. The number of hydrogen-bond donors (Lipinski definition) is 4. The van der Waals surface area contributed by atoms with E-state index in [0.29, 0.717) is 12.0 Å². The van der Waals surface area contributed by atoms with Crippen molar-refractivity contribution in [3.05, 3.63) is 47.0 Å². The van der Waals surface area contributed by atoms with E-state index >= 15 is 0 Å². The first kappa shape index (κ1) is 14.7. The largest absolute Gasteiger partial charge is 0.504 e. The number of esters is 1. The number of aromatic hydroxyl groups is 4. The first-order valence-corrected chi connectivity index (χ1v) is 7.69. The number of phenols is 4. The third-order valence-electron chi connectivity index (χ3n) is 5.04. The van der Waals surface area contributed by atoms with Crippen molar-refractivity contribution in [3.8, 4) is 23.0 Å². The molecule has 1 saturated heterocycles. The molecule has 2 aromatic rings. The SMILES string of the molecule is O=C1OCC2C1Cc1cc(O)c(O)cc1C2c1ccc(O)c(O)c1. The van der Waals surface area contributed by atoms with Gasteiger partial charge in [-0.15, -0.1) is 0 Å². The first-order valence-electron chi connectivity index (χ1n) is 7.69. The summed E-state index contributed by atoms with van der Waals surface area (Å²) in [6.45, 7) is 0.261. The molecule has 4 rings (SSSR count). The molecule has 1 heterocycles. The van der Waals surface area contributed by atoms with Gasteiger partial charge in [0.1, 0.15) is 0 Å². The molecule has 0 aromatic heterocycles. The minimum absolute atomic E-state index is 0.127. The molecular formula is C18H16O6. The van der Waals surface area contributed by atoms with E-state index < -0.39 is 0 Å². The maximum Gasteiger partial charge on any atom is 0.309 e. The Morgan fingerprint density at radius 2 is 1.62 bits per heavy atom. The van der Waals surface area contributed by atoms with E-state index in [1.165, 1.54) is 24.3 Å². The molecule has 124 valence electrons. The molecule has 0 saturated carbocycles. The number of benzene rings is 2. The molecule has 1 aliphatic heterocycles. The molecule has 2 aliphatic rings. The molecule has 0 spiro atoms. The summed E-state index contributed by atoms with van der Waals surface area (Å²) in [5, 5.41) is 39.1. The van der Waals surface area contributed by atoms with E-state index in [1.54, 1.807) is 6.07 Å². The lowest BCUT2D eigenvalue weighted by molar-refractivity contribution is -0.141. The van der Waals surface area contributed by atoms with Gasteiger partial charge in [-0.25, -0.2) is 0 Å². The van der Waals surface area contributed by atoms with Gasteiger partial charge in [-0.2, -0.15) is 0 Å². The van der Waals surface area contributed by atoms with E-state index in [-0.39, 0.29) is 53.3 Å². The molecule has 0 radical (unpaired) electrons. The standard InChI is InChI=1S/C18H16O6/c19-13-2-1-8(4-14(13)20)17-10-6-16(22)15(21)5-9(10)3-11-12(17)7-24-18(11)23/h1-2,4-6,11-12,17,19-22H,3,7H2. The molecular weight excluding hydrogens is 312 g/mol. The van der Waals surface area contributed by atoms with Crippen molar-refractivity contribution in [2.45, 2.75) is 12.3 Å². The normalized spacial score (nSPS) is 25.0. The van der Waals surface area contributed by atoms with E-state index in [4.69, 9.17) is 4.74 Å². The highest BCUT2D eigenvalue weighted by Crippen LogP contribution is 2.49. The summed E-state index contributed by atoms with van der Waals surface area (Å²) in [5.74, 6) is -1.95. The Bertz CT molecular complexity index is 844. The molecule has 24 heavy (non-hydrogen) atoms. The van der Waals surface area contributed by atoms with Crippen LogP contribution in [-0.4, -0.2) is 33.0 Å². The van der Waals surface area contributed by atoms with Crippen molar-refractivity contribution < 1.29 is 30.0 Å². The molecule has 3 atom stereocenters. The Hall–Kier alpha value is -2.89. The van der Waals surface area contributed by atoms with Crippen molar-refractivity contribution >= 4 is 5.97 Å². The molecule has 1 fully saturated rings. The number of carbonyl (C=O) groups excluding carboxylic acids is 1. The molecule has 6 nitrogen and oxygen atoms in total. The van der Waals surface area contributed by atoms with Crippen molar-refractivity contribution in [2.24, 2.45) is 11.8 Å². The number of hydrogen-bond acceptors (Lipinski definition) is 6. The van der Waals surface area contributed by atoms with Gasteiger partial charge in [0.25, 0.3) is 0 Å². The van der Waals surface area contributed by atoms with Gasteiger partial charge < -0.3 is 25.2 Å². The van der Waals surface area contributed by atoms with Crippen molar-refractivity contribution in [1.82, 2.24) is 0 Å². The van der Waals surface area contributed by atoms with Crippen molar-refractivity contribution in [1.29, 1.82) is 0 Å². The zero-order chi connectivity index (χ0) is 17.0. The zero-order valence-electron chi connectivity index (χ0n) is 12.6. The Balaban J connectivity index is 1.91. The Kier molecular flexibility index (Phi) is 3.09. The van der Waals surface area contributed by atoms with Crippen LogP contribution in [0.15, 0.2) is 30.3 Å². The van der Waals surface area contributed by atoms with Crippen LogP contribution in [0.4, 0.5) is 0 Å². The van der Waals surface area contributed by atoms with Crippen LogP contribution in [0.1, 0.15) is 22.6 Å². The van der Waals surface area contributed by atoms with Gasteiger partial charge in [-0.1, -0.05) is 6.07 Å². The zero-order valence-corrected chi connectivity index (χ0v) is 12.6. The quantitative estimate of drug-likeness (QED) is 0.471. The molecule has 6 heteroatoms. The number of ether oxygens (including phenoxy) is 1. The van der Waals surface area contributed by atoms with E-state index in [2.05, 4.69) is 0 Å².